The molecule has 13 heteroatoms. The molecule has 3 spiro atoms. The Bertz CT molecular complexity index is 1460. The Hall–Kier alpha value is -0.520. The van der Waals surface area contributed by atoms with E-state index in [1.807, 2.05) is 0 Å². The molecule has 5 saturated carbocycles. The third kappa shape index (κ3) is 4.72. The molecule has 2 bridgehead atoms. The minimum absolute atomic E-state index is 0.0294. The highest BCUT2D eigenvalue weighted by Gasteiger charge is 2.88. The molecule has 0 aromatic carbocycles. The lowest BCUT2D eigenvalue weighted by Crippen LogP contribution is -2.62. The van der Waals surface area contributed by atoms with Crippen molar-refractivity contribution in [1.82, 2.24) is 0 Å². The summed E-state index contributed by atoms with van der Waals surface area (Å²) >= 11 is 0. The fraction of sp³-hybridized carbons (Fsp3) is 1.00. The molecule has 9 unspecified atom stereocenters. The first-order valence-electron chi connectivity index (χ1n) is 20.4. The lowest BCUT2D eigenvalue weighted by molar-refractivity contribution is -0.345. The molecule has 4 aliphatic heterocycles. The van der Waals surface area contributed by atoms with E-state index < -0.39 is 78.2 Å². The lowest BCUT2D eigenvalue weighted by Gasteiger charge is -2.63. The number of hydrogen-bond acceptors (Lipinski definition) is 13. The third-order valence-electron chi connectivity index (χ3n) is 17.6. The van der Waals surface area contributed by atoms with Crippen molar-refractivity contribution < 1.29 is 64.2 Å². The Balaban J connectivity index is 0.941. The van der Waals surface area contributed by atoms with Crippen molar-refractivity contribution in [3.63, 3.8) is 0 Å². The topological polar surface area (TPSA) is 197 Å². The Morgan fingerprint density at radius 1 is 0.717 bits per heavy atom. The van der Waals surface area contributed by atoms with Gasteiger partial charge in [-0.15, -0.1) is 0 Å². The van der Waals surface area contributed by atoms with Gasteiger partial charge >= 0.3 is 0 Å². The fourth-order valence-corrected chi connectivity index (χ4v) is 15.2. The number of ether oxygens (including phenoxy) is 6. The number of rotatable bonds is 5. The zero-order valence-electron chi connectivity index (χ0n) is 32.4. The van der Waals surface area contributed by atoms with Crippen molar-refractivity contribution in [3.8, 4) is 0 Å². The van der Waals surface area contributed by atoms with Crippen LogP contribution in [0.1, 0.15) is 99.8 Å². The van der Waals surface area contributed by atoms with Crippen LogP contribution in [0.2, 0.25) is 0 Å². The fourth-order valence-electron chi connectivity index (χ4n) is 15.2. The van der Waals surface area contributed by atoms with E-state index in [4.69, 9.17) is 28.4 Å². The molecular formula is C40H64O13. The van der Waals surface area contributed by atoms with E-state index in [9.17, 15) is 35.7 Å². The summed E-state index contributed by atoms with van der Waals surface area (Å²) < 4.78 is 37.4. The smallest absolute Gasteiger partial charge is 0.199 e. The van der Waals surface area contributed by atoms with E-state index in [-0.39, 0.29) is 58.9 Å². The van der Waals surface area contributed by atoms with Crippen LogP contribution in [0.4, 0.5) is 0 Å². The summed E-state index contributed by atoms with van der Waals surface area (Å²) in [7, 11) is 0. The van der Waals surface area contributed by atoms with E-state index in [0.717, 1.165) is 51.4 Å². The molecule has 5 aliphatic carbocycles. The van der Waals surface area contributed by atoms with Crippen LogP contribution in [0.5, 0.6) is 0 Å². The monoisotopic (exact) mass is 752 g/mol. The summed E-state index contributed by atoms with van der Waals surface area (Å²) in [4.78, 5) is 0. The molecule has 0 aromatic heterocycles. The highest BCUT2D eigenvalue weighted by molar-refractivity contribution is 5.34. The second kappa shape index (κ2) is 11.8. The van der Waals surface area contributed by atoms with Gasteiger partial charge in [-0.1, -0.05) is 34.6 Å². The van der Waals surface area contributed by atoms with Crippen LogP contribution in [-0.2, 0) is 28.4 Å². The number of fused-ring (bicyclic) bond motifs is 4. The first-order valence-corrected chi connectivity index (χ1v) is 20.4. The molecule has 13 nitrogen and oxygen atoms in total. The normalized spacial score (nSPS) is 61.0. The molecule has 302 valence electrons. The van der Waals surface area contributed by atoms with Crippen LogP contribution in [-0.4, -0.2) is 134 Å². The van der Waals surface area contributed by atoms with E-state index in [0.29, 0.717) is 11.8 Å². The number of hydrogen-bond donors (Lipinski definition) is 7. The summed E-state index contributed by atoms with van der Waals surface area (Å²) in [6, 6.07) is 0. The maximum atomic E-state index is 12.8. The van der Waals surface area contributed by atoms with Crippen LogP contribution in [0.25, 0.3) is 0 Å². The summed E-state index contributed by atoms with van der Waals surface area (Å²) in [6.45, 7) is 14.7. The molecule has 0 amide bonds. The molecule has 9 aliphatic rings. The van der Waals surface area contributed by atoms with Crippen molar-refractivity contribution in [1.29, 1.82) is 0 Å². The van der Waals surface area contributed by atoms with Gasteiger partial charge in [-0.05, 0) is 105 Å². The van der Waals surface area contributed by atoms with Gasteiger partial charge in [-0.3, -0.25) is 0 Å². The maximum absolute atomic E-state index is 12.8. The molecule has 7 N–H and O–H groups in total. The highest BCUT2D eigenvalue weighted by atomic mass is 16.8. The van der Waals surface area contributed by atoms with Crippen LogP contribution in [0.3, 0.4) is 0 Å². The van der Waals surface area contributed by atoms with Gasteiger partial charge in [0.2, 0.25) is 0 Å². The van der Waals surface area contributed by atoms with Gasteiger partial charge in [-0.2, -0.15) is 0 Å². The molecule has 53 heavy (non-hydrogen) atoms. The Morgan fingerprint density at radius 2 is 1.36 bits per heavy atom. The van der Waals surface area contributed by atoms with Crippen LogP contribution < -0.4 is 0 Å². The van der Waals surface area contributed by atoms with Gasteiger partial charge in [0.15, 0.2) is 18.4 Å². The maximum Gasteiger partial charge on any atom is 0.199 e. The SMILES string of the molecule is C[C@@H]1CC2OC3(OC2C(C)(C)O)C(O)[C@@]2(C)C4CCC5C(C)(C)C(O[C@@H]6OC[C@@H](O)[C@H](O[C@@H]7OC[C@@H](O)[C@H](O)[C@H]7O)[C@H]6O)CCC56CC46CC[C@]2(C)[C@@H]13. The van der Waals surface area contributed by atoms with Gasteiger partial charge in [0.25, 0.3) is 0 Å². The van der Waals surface area contributed by atoms with E-state index in [1.54, 1.807) is 13.8 Å². The predicted molar refractivity (Wildman–Crippen MR) is 185 cm³/mol. The van der Waals surface area contributed by atoms with Crippen LogP contribution in [0.15, 0.2) is 0 Å². The quantitative estimate of drug-likeness (QED) is 0.200. The van der Waals surface area contributed by atoms with Gasteiger partial charge in [-0.25, -0.2) is 0 Å². The zero-order chi connectivity index (χ0) is 38.1. The predicted octanol–water partition coefficient (Wildman–Crippen LogP) is 1.58. The van der Waals surface area contributed by atoms with Crippen molar-refractivity contribution in [2.45, 2.75) is 185 Å². The van der Waals surface area contributed by atoms with Crippen LogP contribution >= 0.6 is 0 Å². The second-order valence-electron chi connectivity index (χ2n) is 20.6. The summed E-state index contributed by atoms with van der Waals surface area (Å²) in [6.07, 6.45) is -4.62. The van der Waals surface area contributed by atoms with Crippen LogP contribution in [0, 0.1) is 50.7 Å². The summed E-state index contributed by atoms with van der Waals surface area (Å²) in [5, 5.41) is 76.5. The molecular weight excluding hydrogens is 688 g/mol. The van der Waals surface area contributed by atoms with E-state index >= 15 is 0 Å². The van der Waals surface area contributed by atoms with Crippen molar-refractivity contribution in [2.24, 2.45) is 50.7 Å². The molecule has 4 heterocycles. The first-order chi connectivity index (χ1) is 24.7. The second-order valence-corrected chi connectivity index (χ2v) is 20.6. The average molecular weight is 753 g/mol. The molecule has 0 radical (unpaired) electrons. The number of aliphatic hydroxyl groups is 7. The Morgan fingerprint density at radius 3 is 2.06 bits per heavy atom. The third-order valence-corrected chi connectivity index (χ3v) is 17.6. The molecule has 9 rings (SSSR count). The highest BCUT2D eigenvalue weighted by Crippen LogP contribution is 2.90. The van der Waals surface area contributed by atoms with Gasteiger partial charge in [0.1, 0.15) is 48.8 Å². The van der Waals surface area contributed by atoms with E-state index in [1.165, 1.54) is 0 Å². The molecule has 4 saturated heterocycles. The number of aliphatic hydroxyl groups excluding tert-OH is 6. The average Bonchev–Trinajstić information content (AvgIpc) is 3.60. The van der Waals surface area contributed by atoms with Gasteiger partial charge in [0.05, 0.1) is 31.0 Å². The van der Waals surface area contributed by atoms with Crippen molar-refractivity contribution in [2.75, 3.05) is 13.2 Å². The van der Waals surface area contributed by atoms with Gasteiger partial charge in [0, 0.05) is 11.3 Å². The Kier molecular flexibility index (Phi) is 8.46. The first kappa shape index (κ1) is 38.0. The van der Waals surface area contributed by atoms with Crippen molar-refractivity contribution in [3.05, 3.63) is 0 Å². The van der Waals surface area contributed by atoms with Crippen molar-refractivity contribution >= 4 is 0 Å². The molecule has 9 fully saturated rings. The standard InChI is InChI=1S/C40H64O13/c1-18-14-21-30(35(4,5)47)53-40(52-21)29(18)36(6)12-13-39-17-38(39)11-10-24(34(2,3)22(38)8-9-23(39)37(36,7)33(40)46)50-32-27(45)28(20(42)16-49-32)51-31-26(44)25(43)19(41)15-48-31/h18-33,41-47H,8-17H2,1-7H3/t18-,19-,20-,21?,22?,23?,24?,25+,26-,27-,28+,29-,30?,31+,32+,33?,36-,37-,38?,39?,40?/m1/s1. The lowest BCUT2D eigenvalue weighted by atomic mass is 9.41. The zero-order valence-corrected chi connectivity index (χ0v) is 32.4. The minimum Gasteiger partial charge on any atom is -0.388 e. The summed E-state index contributed by atoms with van der Waals surface area (Å²) in [5.74, 6) is -0.148. The molecule has 21 atom stereocenters. The van der Waals surface area contributed by atoms with Gasteiger partial charge < -0.3 is 64.2 Å². The van der Waals surface area contributed by atoms with E-state index in [2.05, 4.69) is 34.6 Å². The Labute approximate surface area is 312 Å². The summed E-state index contributed by atoms with van der Waals surface area (Å²) in [5.41, 5.74) is -1.77. The minimum atomic E-state index is -1.56. The molecule has 0 aromatic rings. The largest absolute Gasteiger partial charge is 0.388 e.